The van der Waals surface area contributed by atoms with E-state index < -0.39 is 11.4 Å². The number of carbonyl (C=O) groups is 2. The van der Waals surface area contributed by atoms with Crippen LogP contribution >= 0.6 is 24.0 Å². The van der Waals surface area contributed by atoms with Gasteiger partial charge in [0.2, 0.25) is 5.91 Å². The van der Waals surface area contributed by atoms with Crippen molar-refractivity contribution in [3.63, 3.8) is 0 Å². The average molecular weight is 467 g/mol. The van der Waals surface area contributed by atoms with Crippen molar-refractivity contribution in [3.8, 4) is 0 Å². The fourth-order valence-corrected chi connectivity index (χ4v) is 4.53. The van der Waals surface area contributed by atoms with Gasteiger partial charge in [0.15, 0.2) is 0 Å². The van der Waals surface area contributed by atoms with E-state index in [0.717, 1.165) is 37.7 Å². The molecule has 0 bridgehead atoms. The van der Waals surface area contributed by atoms with Gasteiger partial charge in [-0.1, -0.05) is 29.8 Å². The summed E-state index contributed by atoms with van der Waals surface area (Å²) in [6.07, 6.45) is 1.46. The monoisotopic (exact) mass is 466 g/mol. The lowest BCUT2D eigenvalue weighted by Gasteiger charge is -2.43. The Bertz CT molecular complexity index is 936. The molecule has 0 radical (unpaired) electrons. The number of anilines is 1. The number of nitrogens with zero attached hydrogens (tertiary/aromatic N) is 2. The number of hydrogen-bond donors (Lipinski definition) is 2. The second-order valence-corrected chi connectivity index (χ2v) is 8.09. The summed E-state index contributed by atoms with van der Waals surface area (Å²) in [6, 6.07) is 13.7. The first-order valence-corrected chi connectivity index (χ1v) is 10.4. The molecule has 2 aromatic rings. The van der Waals surface area contributed by atoms with Crippen LogP contribution in [0, 0.1) is 5.82 Å². The van der Waals surface area contributed by atoms with Crippen molar-refractivity contribution in [3.05, 3.63) is 64.9 Å². The molecule has 31 heavy (non-hydrogen) atoms. The van der Waals surface area contributed by atoms with E-state index in [0.29, 0.717) is 19.8 Å². The highest BCUT2D eigenvalue weighted by molar-refractivity contribution is 6.33. The highest BCUT2D eigenvalue weighted by Crippen LogP contribution is 2.36. The second-order valence-electron chi connectivity index (χ2n) is 7.68. The van der Waals surface area contributed by atoms with Crippen LogP contribution < -0.4 is 15.5 Å². The Balaban J connectivity index is 0.00000272. The van der Waals surface area contributed by atoms with Gasteiger partial charge in [-0.05, 0) is 43.2 Å². The summed E-state index contributed by atoms with van der Waals surface area (Å²) in [4.78, 5) is 29.4. The van der Waals surface area contributed by atoms with Gasteiger partial charge >= 0.3 is 0 Å². The molecule has 2 aromatic carbocycles. The van der Waals surface area contributed by atoms with Crippen molar-refractivity contribution in [2.45, 2.75) is 18.4 Å². The first kappa shape index (κ1) is 23.3. The van der Waals surface area contributed by atoms with E-state index in [1.807, 2.05) is 30.3 Å². The van der Waals surface area contributed by atoms with Crippen molar-refractivity contribution in [2.24, 2.45) is 0 Å². The minimum Gasteiger partial charge on any atom is -0.351 e. The van der Waals surface area contributed by atoms with Gasteiger partial charge < -0.3 is 20.4 Å². The van der Waals surface area contributed by atoms with Gasteiger partial charge in [-0.25, -0.2) is 4.39 Å². The van der Waals surface area contributed by atoms with Crippen LogP contribution in [0.15, 0.2) is 48.5 Å². The topological polar surface area (TPSA) is 64.7 Å². The number of halogens is 3. The maximum Gasteiger partial charge on any atom is 0.252 e. The fourth-order valence-electron chi connectivity index (χ4n) is 4.28. The largest absolute Gasteiger partial charge is 0.351 e. The Morgan fingerprint density at radius 3 is 2.55 bits per heavy atom. The van der Waals surface area contributed by atoms with Gasteiger partial charge in [-0.15, -0.1) is 12.4 Å². The van der Waals surface area contributed by atoms with Crippen LogP contribution in [0.3, 0.4) is 0 Å². The first-order valence-electron chi connectivity index (χ1n) is 10.1. The summed E-state index contributed by atoms with van der Waals surface area (Å²) in [7, 11) is 0. The number of para-hydroxylation sites is 1. The minimum absolute atomic E-state index is 0. The molecule has 0 unspecified atom stereocenters. The molecule has 4 rings (SSSR count). The molecule has 1 spiro atoms. The van der Waals surface area contributed by atoms with Crippen molar-refractivity contribution in [2.75, 3.05) is 37.7 Å². The molecule has 9 heteroatoms. The molecule has 0 aromatic heterocycles. The third kappa shape index (κ3) is 4.79. The molecule has 2 aliphatic rings. The number of rotatable bonds is 5. The average Bonchev–Trinajstić information content (AvgIpc) is 3.06. The van der Waals surface area contributed by atoms with Crippen LogP contribution in [-0.4, -0.2) is 55.1 Å². The van der Waals surface area contributed by atoms with Crippen LogP contribution in [0.1, 0.15) is 23.2 Å². The predicted molar refractivity (Wildman–Crippen MR) is 121 cm³/mol. The summed E-state index contributed by atoms with van der Waals surface area (Å²) >= 11 is 5.95. The van der Waals surface area contributed by atoms with Crippen LogP contribution in [-0.2, 0) is 4.79 Å². The third-order valence-corrected chi connectivity index (χ3v) is 6.29. The molecular formula is C22H25Cl2FN4O2. The molecule has 0 atom stereocenters. The molecule has 6 nitrogen and oxygen atoms in total. The number of amides is 2. The van der Waals surface area contributed by atoms with E-state index in [1.54, 1.807) is 0 Å². The number of carbonyl (C=O) groups excluding carboxylic acids is 2. The predicted octanol–water partition coefficient (Wildman–Crippen LogP) is 3.06. The summed E-state index contributed by atoms with van der Waals surface area (Å²) < 4.78 is 13.1. The Morgan fingerprint density at radius 1 is 1.16 bits per heavy atom. The van der Waals surface area contributed by atoms with Crippen LogP contribution in [0.4, 0.5) is 10.1 Å². The van der Waals surface area contributed by atoms with Gasteiger partial charge in [0, 0.05) is 31.9 Å². The molecule has 0 saturated carbocycles. The van der Waals surface area contributed by atoms with Gasteiger partial charge in [-0.3, -0.25) is 9.59 Å². The number of likely N-dealkylation sites (tertiary alicyclic amines) is 1. The van der Waals surface area contributed by atoms with Gasteiger partial charge in [0.1, 0.15) is 11.4 Å². The summed E-state index contributed by atoms with van der Waals surface area (Å²) in [5.41, 5.74) is 0.799. The zero-order valence-corrected chi connectivity index (χ0v) is 18.5. The van der Waals surface area contributed by atoms with Crippen molar-refractivity contribution in [1.29, 1.82) is 0 Å². The van der Waals surface area contributed by atoms with Gasteiger partial charge in [0.25, 0.3) is 5.91 Å². The summed E-state index contributed by atoms with van der Waals surface area (Å²) in [5, 5.41) is 5.93. The lowest BCUT2D eigenvalue weighted by atomic mass is 9.85. The Kier molecular flexibility index (Phi) is 7.41. The Morgan fingerprint density at radius 2 is 1.87 bits per heavy atom. The normalized spacial score (nSPS) is 17.9. The Labute approximate surface area is 192 Å². The first-order chi connectivity index (χ1) is 14.5. The highest BCUT2D eigenvalue weighted by Gasteiger charge is 2.50. The quantitative estimate of drug-likeness (QED) is 0.710. The van der Waals surface area contributed by atoms with Crippen molar-refractivity contribution >= 4 is 41.5 Å². The van der Waals surface area contributed by atoms with E-state index in [9.17, 15) is 14.0 Å². The van der Waals surface area contributed by atoms with E-state index in [4.69, 9.17) is 11.6 Å². The van der Waals surface area contributed by atoms with Crippen LogP contribution in [0.25, 0.3) is 0 Å². The summed E-state index contributed by atoms with van der Waals surface area (Å²) in [6.45, 7) is 3.19. The van der Waals surface area contributed by atoms with Gasteiger partial charge in [0.05, 0.1) is 17.3 Å². The van der Waals surface area contributed by atoms with Crippen LogP contribution in [0.2, 0.25) is 5.02 Å². The zero-order valence-electron chi connectivity index (χ0n) is 16.9. The minimum atomic E-state index is -0.511. The van der Waals surface area contributed by atoms with E-state index in [-0.39, 0.29) is 34.8 Å². The number of hydrogen-bond acceptors (Lipinski definition) is 4. The van der Waals surface area contributed by atoms with E-state index in [2.05, 4.69) is 20.4 Å². The number of benzene rings is 2. The number of nitrogens with one attached hydrogen (secondary N) is 2. The molecule has 2 aliphatic heterocycles. The van der Waals surface area contributed by atoms with E-state index >= 15 is 0 Å². The Hall–Kier alpha value is -2.35. The fraction of sp³-hybridized carbons (Fsp3) is 0.364. The van der Waals surface area contributed by atoms with Crippen molar-refractivity contribution < 1.29 is 14.0 Å². The molecule has 2 saturated heterocycles. The summed E-state index contributed by atoms with van der Waals surface area (Å²) in [5.74, 6) is -0.705. The highest BCUT2D eigenvalue weighted by atomic mass is 35.5. The molecule has 2 heterocycles. The zero-order chi connectivity index (χ0) is 21.1. The molecule has 2 N–H and O–H groups in total. The van der Waals surface area contributed by atoms with Crippen molar-refractivity contribution in [1.82, 2.24) is 15.5 Å². The van der Waals surface area contributed by atoms with E-state index in [1.165, 1.54) is 12.1 Å². The SMILES string of the molecule is Cl.O=C(NCCN1CCC2(CC1)C(=O)NCN2c1ccccc1)c1ccc(F)cc1Cl. The number of piperidine rings is 1. The maximum absolute atomic E-state index is 13.1. The maximum atomic E-state index is 13.1. The smallest absolute Gasteiger partial charge is 0.252 e. The molecule has 2 fully saturated rings. The molecular weight excluding hydrogens is 442 g/mol. The molecule has 0 aliphatic carbocycles. The molecule has 2 amide bonds. The standard InChI is InChI=1S/C22H24ClFN4O2.ClH/c23-19-14-16(24)6-7-18(19)20(29)25-10-13-27-11-8-22(9-12-27)21(30)26-15-28(22)17-4-2-1-3-5-17;/h1-7,14H,8-13,15H2,(H,25,29)(H,26,30);1H. The molecule has 166 valence electrons. The van der Waals surface area contributed by atoms with Crippen LogP contribution in [0.5, 0.6) is 0 Å². The lowest BCUT2D eigenvalue weighted by Crippen LogP contribution is -2.57. The third-order valence-electron chi connectivity index (χ3n) is 5.98. The lowest BCUT2D eigenvalue weighted by molar-refractivity contribution is -0.125. The second kappa shape index (κ2) is 9.85. The van der Waals surface area contributed by atoms with Gasteiger partial charge in [-0.2, -0.15) is 0 Å².